The van der Waals surface area contributed by atoms with Crippen LogP contribution >= 0.6 is 0 Å². The van der Waals surface area contributed by atoms with Crippen LogP contribution in [0.2, 0.25) is 0 Å². The van der Waals surface area contributed by atoms with Gasteiger partial charge in [0, 0.05) is 19.2 Å². The van der Waals surface area contributed by atoms with E-state index < -0.39 is 0 Å². The first kappa shape index (κ1) is 7.56. The van der Waals surface area contributed by atoms with Crippen LogP contribution in [-0.4, -0.2) is 25.3 Å². The highest BCUT2D eigenvalue weighted by Crippen LogP contribution is 2.26. The molecule has 2 aliphatic carbocycles. The normalized spacial score (nSPS) is 37.9. The highest BCUT2D eigenvalue weighted by Gasteiger charge is 2.32. The van der Waals surface area contributed by atoms with E-state index in [9.17, 15) is 0 Å². The van der Waals surface area contributed by atoms with Crippen LogP contribution in [0.4, 0.5) is 0 Å². The first-order valence-corrected chi connectivity index (χ1v) is 4.69. The van der Waals surface area contributed by atoms with Crippen molar-refractivity contribution in [2.45, 2.75) is 50.3 Å². The predicted octanol–water partition coefficient (Wildman–Crippen LogP) is 1.31. The lowest BCUT2D eigenvalue weighted by Crippen LogP contribution is -2.37. The van der Waals surface area contributed by atoms with Crippen LogP contribution in [0, 0.1) is 0 Å². The summed E-state index contributed by atoms with van der Waals surface area (Å²) in [4.78, 5) is 0. The number of methoxy groups -OCH3 is 1. The maximum atomic E-state index is 5.39. The van der Waals surface area contributed by atoms with Gasteiger partial charge in [-0.1, -0.05) is 0 Å². The van der Waals surface area contributed by atoms with Crippen LogP contribution < -0.4 is 5.32 Å². The van der Waals surface area contributed by atoms with Crippen molar-refractivity contribution in [2.75, 3.05) is 7.11 Å². The van der Waals surface area contributed by atoms with E-state index in [1.54, 1.807) is 0 Å². The second-order valence-electron chi connectivity index (χ2n) is 3.75. The van der Waals surface area contributed by atoms with Crippen molar-refractivity contribution in [3.05, 3.63) is 0 Å². The maximum Gasteiger partial charge on any atom is 0.0724 e. The molecular weight excluding hydrogens is 138 g/mol. The van der Waals surface area contributed by atoms with Gasteiger partial charge < -0.3 is 10.1 Å². The number of hydrogen-bond donors (Lipinski definition) is 1. The molecule has 2 rings (SSSR count). The molecule has 2 unspecified atom stereocenters. The van der Waals surface area contributed by atoms with Gasteiger partial charge in [-0.3, -0.25) is 0 Å². The lowest BCUT2D eigenvalue weighted by atomic mass is 10.2. The Morgan fingerprint density at radius 2 is 2.00 bits per heavy atom. The fraction of sp³-hybridized carbons (Fsp3) is 1.00. The van der Waals surface area contributed by atoms with Gasteiger partial charge in [-0.25, -0.2) is 0 Å². The molecular formula is C9H17NO. The number of ether oxygens (including phenoxy) is 1. The summed E-state index contributed by atoms with van der Waals surface area (Å²) in [5, 5.41) is 3.63. The molecule has 0 spiro atoms. The van der Waals surface area contributed by atoms with Crippen LogP contribution in [0.5, 0.6) is 0 Å². The zero-order valence-corrected chi connectivity index (χ0v) is 7.18. The summed E-state index contributed by atoms with van der Waals surface area (Å²) in [7, 11) is 1.83. The third-order valence-corrected chi connectivity index (χ3v) is 2.78. The Hall–Kier alpha value is -0.0800. The molecule has 64 valence electrons. The summed E-state index contributed by atoms with van der Waals surface area (Å²) in [5.41, 5.74) is 0. The van der Waals surface area contributed by atoms with Gasteiger partial charge in [0.2, 0.25) is 0 Å². The lowest BCUT2D eigenvalue weighted by molar-refractivity contribution is 0.0846. The molecule has 2 aliphatic rings. The minimum atomic E-state index is 0.496. The number of hydrogen-bond acceptors (Lipinski definition) is 2. The lowest BCUT2D eigenvalue weighted by Gasteiger charge is -2.19. The molecule has 0 bridgehead atoms. The average molecular weight is 155 g/mol. The van der Waals surface area contributed by atoms with Gasteiger partial charge in [0.1, 0.15) is 0 Å². The van der Waals surface area contributed by atoms with E-state index in [-0.39, 0.29) is 0 Å². The summed E-state index contributed by atoms with van der Waals surface area (Å²) in [5.74, 6) is 0. The van der Waals surface area contributed by atoms with Gasteiger partial charge in [-0.15, -0.1) is 0 Å². The molecule has 0 amide bonds. The van der Waals surface area contributed by atoms with Crippen molar-refractivity contribution >= 4 is 0 Å². The maximum absolute atomic E-state index is 5.39. The SMILES string of the molecule is COC1CCCC1NC1CC1. The molecule has 0 aromatic heterocycles. The summed E-state index contributed by atoms with van der Waals surface area (Å²) in [6.45, 7) is 0. The fourth-order valence-corrected chi connectivity index (χ4v) is 1.95. The Morgan fingerprint density at radius 3 is 2.64 bits per heavy atom. The van der Waals surface area contributed by atoms with Gasteiger partial charge in [-0.2, -0.15) is 0 Å². The second-order valence-corrected chi connectivity index (χ2v) is 3.75. The van der Waals surface area contributed by atoms with Crippen LogP contribution in [0.25, 0.3) is 0 Å². The van der Waals surface area contributed by atoms with Crippen LogP contribution in [0.3, 0.4) is 0 Å². The molecule has 0 saturated heterocycles. The van der Waals surface area contributed by atoms with E-state index in [2.05, 4.69) is 5.32 Å². The topological polar surface area (TPSA) is 21.3 Å². The van der Waals surface area contributed by atoms with E-state index in [1.165, 1.54) is 32.1 Å². The van der Waals surface area contributed by atoms with E-state index in [0.717, 1.165) is 6.04 Å². The van der Waals surface area contributed by atoms with E-state index in [0.29, 0.717) is 12.1 Å². The van der Waals surface area contributed by atoms with Crippen molar-refractivity contribution in [3.63, 3.8) is 0 Å². The molecule has 1 N–H and O–H groups in total. The largest absolute Gasteiger partial charge is 0.380 e. The highest BCUT2D eigenvalue weighted by molar-refractivity contribution is 4.91. The predicted molar refractivity (Wildman–Crippen MR) is 44.6 cm³/mol. The van der Waals surface area contributed by atoms with Gasteiger partial charge in [0.15, 0.2) is 0 Å². The quantitative estimate of drug-likeness (QED) is 0.663. The minimum Gasteiger partial charge on any atom is -0.380 e. The molecule has 0 aliphatic heterocycles. The summed E-state index contributed by atoms with van der Waals surface area (Å²) in [6, 6.07) is 1.49. The summed E-state index contributed by atoms with van der Waals surface area (Å²) < 4.78 is 5.39. The van der Waals surface area contributed by atoms with Crippen molar-refractivity contribution in [3.8, 4) is 0 Å². The standard InChI is InChI=1S/C9H17NO/c1-11-9-4-2-3-8(9)10-7-5-6-7/h7-10H,2-6H2,1H3. The zero-order chi connectivity index (χ0) is 7.68. The molecule has 0 aromatic rings. The molecule has 0 radical (unpaired) electrons. The van der Waals surface area contributed by atoms with Crippen molar-refractivity contribution in [1.29, 1.82) is 0 Å². The second kappa shape index (κ2) is 3.11. The van der Waals surface area contributed by atoms with Gasteiger partial charge in [0.25, 0.3) is 0 Å². The van der Waals surface area contributed by atoms with Crippen molar-refractivity contribution < 1.29 is 4.74 Å². The van der Waals surface area contributed by atoms with Crippen molar-refractivity contribution in [1.82, 2.24) is 5.32 Å². The molecule has 2 heteroatoms. The number of rotatable bonds is 3. The van der Waals surface area contributed by atoms with Crippen LogP contribution in [0.1, 0.15) is 32.1 Å². The minimum absolute atomic E-state index is 0.496. The first-order valence-electron chi connectivity index (χ1n) is 4.69. The molecule has 0 heterocycles. The van der Waals surface area contributed by atoms with E-state index in [1.807, 2.05) is 7.11 Å². The molecule has 0 aromatic carbocycles. The Kier molecular flexibility index (Phi) is 2.14. The third kappa shape index (κ3) is 1.74. The monoisotopic (exact) mass is 155 g/mol. The average Bonchev–Trinajstić information content (AvgIpc) is 2.68. The Balaban J connectivity index is 1.79. The third-order valence-electron chi connectivity index (χ3n) is 2.78. The fourth-order valence-electron chi connectivity index (χ4n) is 1.95. The van der Waals surface area contributed by atoms with Gasteiger partial charge in [0.05, 0.1) is 6.10 Å². The molecule has 2 nitrogen and oxygen atoms in total. The summed E-state index contributed by atoms with van der Waals surface area (Å²) in [6.07, 6.45) is 7.16. The van der Waals surface area contributed by atoms with Crippen LogP contribution in [-0.2, 0) is 4.74 Å². The molecule has 11 heavy (non-hydrogen) atoms. The summed E-state index contributed by atoms with van der Waals surface area (Å²) >= 11 is 0. The molecule has 2 fully saturated rings. The van der Waals surface area contributed by atoms with Gasteiger partial charge in [-0.05, 0) is 32.1 Å². The van der Waals surface area contributed by atoms with Gasteiger partial charge >= 0.3 is 0 Å². The highest BCUT2D eigenvalue weighted by atomic mass is 16.5. The first-order chi connectivity index (χ1) is 5.40. The van der Waals surface area contributed by atoms with E-state index in [4.69, 9.17) is 4.74 Å². The van der Waals surface area contributed by atoms with Crippen LogP contribution in [0.15, 0.2) is 0 Å². The molecule has 2 atom stereocenters. The van der Waals surface area contributed by atoms with E-state index >= 15 is 0 Å². The Bertz CT molecular complexity index is 134. The number of nitrogens with one attached hydrogen (secondary N) is 1. The molecule has 2 saturated carbocycles. The Morgan fingerprint density at radius 1 is 1.18 bits per heavy atom. The smallest absolute Gasteiger partial charge is 0.0724 e. The van der Waals surface area contributed by atoms with Crippen molar-refractivity contribution in [2.24, 2.45) is 0 Å². The Labute approximate surface area is 68.3 Å². The zero-order valence-electron chi connectivity index (χ0n) is 7.18.